The topological polar surface area (TPSA) is 64.4 Å². The maximum atomic E-state index is 12.7. The van der Waals surface area contributed by atoms with Gasteiger partial charge in [-0.2, -0.15) is 5.10 Å². The molecule has 0 aliphatic carbocycles. The van der Waals surface area contributed by atoms with E-state index in [1.165, 1.54) is 0 Å². The molecule has 0 bridgehead atoms. The highest BCUT2D eigenvalue weighted by Crippen LogP contribution is 2.19. The van der Waals surface area contributed by atoms with Crippen molar-refractivity contribution in [2.24, 2.45) is 0 Å². The Balaban J connectivity index is 1.70. The Kier molecular flexibility index (Phi) is 6.67. The van der Waals surface area contributed by atoms with Crippen LogP contribution in [0.1, 0.15) is 41.2 Å². The maximum Gasteiger partial charge on any atom is 0.342 e. The number of hydrogen-bond donors (Lipinski definition) is 0. The summed E-state index contributed by atoms with van der Waals surface area (Å²) < 4.78 is 7.10. The molecule has 30 heavy (non-hydrogen) atoms. The van der Waals surface area contributed by atoms with Crippen molar-refractivity contribution in [1.29, 1.82) is 0 Å². The molecule has 3 aromatic rings. The van der Waals surface area contributed by atoms with Crippen molar-refractivity contribution < 1.29 is 14.3 Å². The largest absolute Gasteiger partial charge is 0.452 e. The molecule has 2 aromatic carbocycles. The predicted octanol–water partition coefficient (Wildman–Crippen LogP) is 4.08. The van der Waals surface area contributed by atoms with E-state index in [-0.39, 0.29) is 18.6 Å². The molecule has 0 unspecified atom stereocenters. The lowest BCUT2D eigenvalue weighted by atomic mass is 10.2. The highest BCUT2D eigenvalue weighted by Gasteiger charge is 2.24. The molecule has 1 aromatic heterocycles. The molecule has 0 aliphatic heterocycles. The van der Waals surface area contributed by atoms with Crippen molar-refractivity contribution in [2.45, 2.75) is 40.3 Å². The van der Waals surface area contributed by atoms with E-state index in [0.717, 1.165) is 11.3 Å². The van der Waals surface area contributed by atoms with Gasteiger partial charge in [-0.3, -0.25) is 4.79 Å². The van der Waals surface area contributed by atoms with Crippen LogP contribution in [-0.4, -0.2) is 39.2 Å². The summed E-state index contributed by atoms with van der Waals surface area (Å²) in [6.45, 7) is 7.64. The summed E-state index contributed by atoms with van der Waals surface area (Å²) in [5.41, 5.74) is 3.54. The van der Waals surface area contributed by atoms with Crippen molar-refractivity contribution in [2.75, 3.05) is 6.61 Å². The monoisotopic (exact) mass is 405 g/mol. The van der Waals surface area contributed by atoms with Crippen LogP contribution in [0.2, 0.25) is 0 Å². The number of aryl methyl sites for hydroxylation is 1. The van der Waals surface area contributed by atoms with Gasteiger partial charge >= 0.3 is 5.97 Å². The number of amides is 1. The number of carbonyl (C=O) groups is 2. The number of aromatic nitrogens is 2. The smallest absolute Gasteiger partial charge is 0.342 e. The number of esters is 1. The second kappa shape index (κ2) is 9.39. The van der Waals surface area contributed by atoms with Crippen LogP contribution in [0, 0.1) is 13.8 Å². The molecule has 6 heteroatoms. The number of rotatable bonds is 7. The van der Waals surface area contributed by atoms with Crippen LogP contribution in [0.15, 0.2) is 60.7 Å². The lowest BCUT2D eigenvalue weighted by Gasteiger charge is -2.26. The van der Waals surface area contributed by atoms with Gasteiger partial charge in [0.05, 0.1) is 17.1 Å². The molecule has 0 aliphatic rings. The van der Waals surface area contributed by atoms with Crippen LogP contribution in [0.4, 0.5) is 0 Å². The van der Waals surface area contributed by atoms with Crippen molar-refractivity contribution in [3.8, 4) is 5.69 Å². The van der Waals surface area contributed by atoms with Crippen LogP contribution in [0.5, 0.6) is 0 Å². The molecule has 6 nitrogen and oxygen atoms in total. The third kappa shape index (κ3) is 4.76. The fourth-order valence-electron chi connectivity index (χ4n) is 3.38. The molecule has 0 fully saturated rings. The predicted molar refractivity (Wildman–Crippen MR) is 115 cm³/mol. The van der Waals surface area contributed by atoms with E-state index < -0.39 is 5.97 Å². The zero-order chi connectivity index (χ0) is 21.7. The minimum atomic E-state index is -0.538. The Labute approximate surface area is 177 Å². The third-order valence-corrected chi connectivity index (χ3v) is 4.96. The second-order valence-corrected chi connectivity index (χ2v) is 7.47. The molecular weight excluding hydrogens is 378 g/mol. The first-order valence-electron chi connectivity index (χ1n) is 10.0. The van der Waals surface area contributed by atoms with Gasteiger partial charge in [0.2, 0.25) is 0 Å². The molecule has 1 amide bonds. The van der Waals surface area contributed by atoms with E-state index in [1.54, 1.807) is 16.5 Å². The van der Waals surface area contributed by atoms with Crippen molar-refractivity contribution >= 4 is 11.9 Å². The number of nitrogens with zero attached hydrogens (tertiary/aromatic N) is 3. The Morgan fingerprint density at radius 1 is 1.00 bits per heavy atom. The van der Waals surface area contributed by atoms with Crippen LogP contribution in [0.25, 0.3) is 5.69 Å². The minimum absolute atomic E-state index is 0.0132. The van der Waals surface area contributed by atoms with Crippen LogP contribution >= 0.6 is 0 Å². The molecule has 0 N–H and O–H groups in total. The van der Waals surface area contributed by atoms with Gasteiger partial charge < -0.3 is 9.64 Å². The average molecular weight is 405 g/mol. The first kappa shape index (κ1) is 21.3. The quantitative estimate of drug-likeness (QED) is 0.556. The van der Waals surface area contributed by atoms with Gasteiger partial charge in [-0.15, -0.1) is 0 Å². The van der Waals surface area contributed by atoms with Crippen molar-refractivity contribution in [1.82, 2.24) is 14.7 Å². The standard InChI is InChI=1S/C24H27N3O3/c1-17(2)26(15-20-11-7-5-8-12-20)22(28)16-30-24(29)23-18(3)25-27(19(23)4)21-13-9-6-10-14-21/h5-14,17H,15-16H2,1-4H3. The Hall–Kier alpha value is -3.41. The zero-order valence-electron chi connectivity index (χ0n) is 17.8. The highest BCUT2D eigenvalue weighted by molar-refractivity contribution is 5.93. The van der Waals surface area contributed by atoms with Gasteiger partial charge in [0.1, 0.15) is 5.56 Å². The summed E-state index contributed by atoms with van der Waals surface area (Å²) in [4.78, 5) is 27.2. The van der Waals surface area contributed by atoms with E-state index in [0.29, 0.717) is 23.5 Å². The fraction of sp³-hybridized carbons (Fsp3) is 0.292. The van der Waals surface area contributed by atoms with Crippen LogP contribution in [-0.2, 0) is 16.1 Å². The number of carbonyl (C=O) groups excluding carboxylic acids is 2. The van der Waals surface area contributed by atoms with Crippen LogP contribution < -0.4 is 0 Å². The Morgan fingerprint density at radius 3 is 2.20 bits per heavy atom. The second-order valence-electron chi connectivity index (χ2n) is 7.47. The highest BCUT2D eigenvalue weighted by atomic mass is 16.5. The molecule has 156 valence electrons. The van der Waals surface area contributed by atoms with E-state index in [9.17, 15) is 9.59 Å². The number of para-hydroxylation sites is 1. The molecule has 0 saturated carbocycles. The summed E-state index contributed by atoms with van der Waals surface area (Å²) in [7, 11) is 0. The molecule has 0 spiro atoms. The first-order chi connectivity index (χ1) is 14.4. The number of hydrogen-bond acceptors (Lipinski definition) is 4. The Bertz CT molecular complexity index is 1010. The normalized spacial score (nSPS) is 10.8. The molecule has 0 atom stereocenters. The summed E-state index contributed by atoms with van der Waals surface area (Å²) in [5, 5.41) is 4.47. The molecule has 1 heterocycles. The van der Waals surface area contributed by atoms with E-state index >= 15 is 0 Å². The van der Waals surface area contributed by atoms with Crippen molar-refractivity contribution in [3.63, 3.8) is 0 Å². The van der Waals surface area contributed by atoms with Gasteiger partial charge in [0.15, 0.2) is 6.61 Å². The molecule has 0 radical (unpaired) electrons. The summed E-state index contributed by atoms with van der Waals surface area (Å²) in [6.07, 6.45) is 0. The van der Waals surface area contributed by atoms with Gasteiger partial charge in [0.25, 0.3) is 5.91 Å². The van der Waals surface area contributed by atoms with E-state index in [2.05, 4.69) is 5.10 Å². The lowest BCUT2D eigenvalue weighted by Crippen LogP contribution is -2.39. The summed E-state index contributed by atoms with van der Waals surface area (Å²) in [5.74, 6) is -0.767. The Morgan fingerprint density at radius 2 is 1.60 bits per heavy atom. The van der Waals surface area contributed by atoms with Gasteiger partial charge in [-0.1, -0.05) is 48.5 Å². The minimum Gasteiger partial charge on any atom is -0.452 e. The molecule has 0 saturated heterocycles. The molecular formula is C24H27N3O3. The zero-order valence-corrected chi connectivity index (χ0v) is 17.8. The summed E-state index contributed by atoms with van der Waals surface area (Å²) >= 11 is 0. The van der Waals surface area contributed by atoms with E-state index in [4.69, 9.17) is 4.74 Å². The maximum absolute atomic E-state index is 12.7. The third-order valence-electron chi connectivity index (χ3n) is 4.96. The average Bonchev–Trinajstić information content (AvgIpc) is 3.05. The van der Waals surface area contributed by atoms with E-state index in [1.807, 2.05) is 81.4 Å². The fourth-order valence-corrected chi connectivity index (χ4v) is 3.38. The van der Waals surface area contributed by atoms with Crippen LogP contribution in [0.3, 0.4) is 0 Å². The number of ether oxygens (including phenoxy) is 1. The molecule has 3 rings (SSSR count). The SMILES string of the molecule is Cc1nn(-c2ccccc2)c(C)c1C(=O)OCC(=O)N(Cc1ccccc1)C(C)C. The summed E-state index contributed by atoms with van der Waals surface area (Å²) in [6, 6.07) is 19.3. The first-order valence-corrected chi connectivity index (χ1v) is 10.0. The van der Waals surface area contributed by atoms with Gasteiger partial charge in [-0.05, 0) is 45.4 Å². The van der Waals surface area contributed by atoms with Gasteiger partial charge in [-0.25, -0.2) is 9.48 Å². The van der Waals surface area contributed by atoms with Crippen molar-refractivity contribution in [3.05, 3.63) is 83.2 Å². The number of benzene rings is 2. The lowest BCUT2D eigenvalue weighted by molar-refractivity contribution is -0.136. The van der Waals surface area contributed by atoms with Gasteiger partial charge in [0, 0.05) is 12.6 Å².